The first-order valence-corrected chi connectivity index (χ1v) is 7.33. The van der Waals surface area contributed by atoms with Crippen LogP contribution in [0.4, 0.5) is 0 Å². The van der Waals surface area contributed by atoms with E-state index in [0.29, 0.717) is 0 Å². The number of hydrogen-bond donors (Lipinski definition) is 0. The summed E-state index contributed by atoms with van der Waals surface area (Å²) in [5, 5.41) is 4.71. The van der Waals surface area contributed by atoms with Gasteiger partial charge in [0.2, 0.25) is 0 Å². The molecule has 0 amide bonds. The molecule has 0 unspecified atom stereocenters. The van der Waals surface area contributed by atoms with Crippen LogP contribution in [0.3, 0.4) is 0 Å². The van der Waals surface area contributed by atoms with Crippen LogP contribution in [-0.2, 0) is 6.54 Å². The molecule has 4 nitrogen and oxygen atoms in total. The highest BCUT2D eigenvalue weighted by Gasteiger charge is 2.13. The zero-order chi connectivity index (χ0) is 14.9. The van der Waals surface area contributed by atoms with Gasteiger partial charge >= 0.3 is 0 Å². The number of hydrogen-bond acceptors (Lipinski definition) is 2. The van der Waals surface area contributed by atoms with E-state index in [1.165, 1.54) is 5.56 Å². The highest BCUT2D eigenvalue weighted by molar-refractivity contribution is 5.63. The van der Waals surface area contributed by atoms with Crippen molar-refractivity contribution in [2.75, 3.05) is 0 Å². The van der Waals surface area contributed by atoms with Crippen LogP contribution in [0.25, 0.3) is 17.0 Å². The number of fused-ring (bicyclic) bond motifs is 1. The number of aryl methyl sites for hydroxylation is 1. The van der Waals surface area contributed by atoms with Crippen LogP contribution in [0.5, 0.6) is 0 Å². The van der Waals surface area contributed by atoms with Gasteiger partial charge < -0.3 is 0 Å². The molecule has 0 aliphatic rings. The van der Waals surface area contributed by atoms with E-state index in [0.717, 1.165) is 29.3 Å². The Morgan fingerprint density at radius 1 is 0.909 bits per heavy atom. The molecule has 0 aliphatic heterocycles. The lowest BCUT2D eigenvalue weighted by molar-refractivity contribution is 0.688. The molecule has 3 aromatic heterocycles. The molecule has 0 bridgehead atoms. The van der Waals surface area contributed by atoms with Crippen LogP contribution in [-0.4, -0.2) is 19.2 Å². The third-order valence-electron chi connectivity index (χ3n) is 3.77. The van der Waals surface area contributed by atoms with Gasteiger partial charge in [-0.25, -0.2) is 4.98 Å². The Balaban J connectivity index is 1.73. The van der Waals surface area contributed by atoms with E-state index in [-0.39, 0.29) is 0 Å². The summed E-state index contributed by atoms with van der Waals surface area (Å²) in [5.74, 6) is 0. The van der Waals surface area contributed by atoms with E-state index in [1.54, 1.807) is 0 Å². The van der Waals surface area contributed by atoms with Crippen molar-refractivity contribution in [2.45, 2.75) is 13.5 Å². The average molecular weight is 288 g/mol. The second-order valence-corrected chi connectivity index (χ2v) is 5.36. The molecule has 4 rings (SSSR count). The molecule has 108 valence electrons. The number of pyridine rings is 1. The van der Waals surface area contributed by atoms with Gasteiger partial charge in [-0.2, -0.15) is 5.10 Å². The molecule has 4 aromatic rings. The summed E-state index contributed by atoms with van der Waals surface area (Å²) >= 11 is 0. The lowest BCUT2D eigenvalue weighted by Gasteiger charge is -2.02. The van der Waals surface area contributed by atoms with Crippen LogP contribution < -0.4 is 0 Å². The first-order valence-electron chi connectivity index (χ1n) is 7.33. The maximum atomic E-state index is 4.71. The molecular weight excluding hydrogens is 272 g/mol. The minimum absolute atomic E-state index is 0.774. The molecule has 3 heterocycles. The Hall–Kier alpha value is -2.88. The smallest absolute Gasteiger partial charge is 0.137 e. The van der Waals surface area contributed by atoms with E-state index < -0.39 is 0 Å². The summed E-state index contributed by atoms with van der Waals surface area (Å²) in [5.41, 5.74) is 5.20. The predicted octanol–water partition coefficient (Wildman–Crippen LogP) is 3.55. The molecule has 0 spiro atoms. The first-order chi connectivity index (χ1) is 10.8. The summed E-state index contributed by atoms with van der Waals surface area (Å²) in [7, 11) is 0. The van der Waals surface area contributed by atoms with Gasteiger partial charge in [0, 0.05) is 12.4 Å². The molecule has 22 heavy (non-hydrogen) atoms. The van der Waals surface area contributed by atoms with Gasteiger partial charge in [-0.3, -0.25) is 9.08 Å². The Morgan fingerprint density at radius 2 is 1.73 bits per heavy atom. The largest absolute Gasteiger partial charge is 0.298 e. The van der Waals surface area contributed by atoms with Crippen molar-refractivity contribution >= 4 is 5.65 Å². The first kappa shape index (κ1) is 12.8. The lowest BCUT2D eigenvalue weighted by atomic mass is 10.2. The minimum atomic E-state index is 0.774. The van der Waals surface area contributed by atoms with E-state index in [4.69, 9.17) is 5.10 Å². The van der Waals surface area contributed by atoms with Crippen molar-refractivity contribution in [1.29, 1.82) is 0 Å². The normalized spacial score (nSPS) is 11.1. The van der Waals surface area contributed by atoms with Crippen LogP contribution in [0.1, 0.15) is 11.3 Å². The highest BCUT2D eigenvalue weighted by Crippen LogP contribution is 2.23. The van der Waals surface area contributed by atoms with Crippen molar-refractivity contribution in [2.24, 2.45) is 0 Å². The molecule has 0 radical (unpaired) electrons. The summed E-state index contributed by atoms with van der Waals surface area (Å²) in [6, 6.07) is 18.4. The Bertz CT molecular complexity index is 919. The van der Waals surface area contributed by atoms with Crippen LogP contribution in [0, 0.1) is 6.92 Å². The van der Waals surface area contributed by atoms with Gasteiger partial charge in [-0.1, -0.05) is 36.4 Å². The third-order valence-corrected chi connectivity index (χ3v) is 3.77. The topological polar surface area (TPSA) is 35.1 Å². The van der Waals surface area contributed by atoms with E-state index in [2.05, 4.69) is 21.5 Å². The molecular formula is C18H16N4. The monoisotopic (exact) mass is 288 g/mol. The summed E-state index contributed by atoms with van der Waals surface area (Å²) in [6.45, 7) is 2.80. The lowest BCUT2D eigenvalue weighted by Crippen LogP contribution is -2.00. The van der Waals surface area contributed by atoms with Gasteiger partial charge in [0.15, 0.2) is 0 Å². The van der Waals surface area contributed by atoms with E-state index >= 15 is 0 Å². The number of nitrogens with zero attached hydrogens (tertiary/aromatic N) is 4. The van der Waals surface area contributed by atoms with Gasteiger partial charge in [-0.15, -0.1) is 0 Å². The Labute approximate surface area is 128 Å². The summed E-state index contributed by atoms with van der Waals surface area (Å²) < 4.78 is 4.05. The highest BCUT2D eigenvalue weighted by atomic mass is 15.3. The summed E-state index contributed by atoms with van der Waals surface area (Å²) in [6.07, 6.45) is 4.05. The Morgan fingerprint density at radius 3 is 2.59 bits per heavy atom. The van der Waals surface area contributed by atoms with Gasteiger partial charge in [0.05, 0.1) is 17.9 Å². The Kier molecular flexibility index (Phi) is 3.00. The van der Waals surface area contributed by atoms with Crippen LogP contribution >= 0.6 is 0 Å². The van der Waals surface area contributed by atoms with Crippen molar-refractivity contribution in [1.82, 2.24) is 19.2 Å². The fourth-order valence-corrected chi connectivity index (χ4v) is 2.77. The second kappa shape index (κ2) is 5.15. The second-order valence-electron chi connectivity index (χ2n) is 5.36. The van der Waals surface area contributed by atoms with Gasteiger partial charge in [0.25, 0.3) is 0 Å². The zero-order valence-corrected chi connectivity index (χ0v) is 12.3. The molecule has 0 saturated heterocycles. The predicted molar refractivity (Wildman–Crippen MR) is 86.7 cm³/mol. The fraction of sp³-hybridized carbons (Fsp3) is 0.111. The molecule has 0 aliphatic carbocycles. The van der Waals surface area contributed by atoms with Crippen molar-refractivity contribution in [3.63, 3.8) is 0 Å². The number of imidazole rings is 1. The maximum Gasteiger partial charge on any atom is 0.137 e. The van der Waals surface area contributed by atoms with Gasteiger partial charge in [-0.05, 0) is 30.7 Å². The molecule has 0 fully saturated rings. The van der Waals surface area contributed by atoms with Gasteiger partial charge in [0.1, 0.15) is 11.3 Å². The van der Waals surface area contributed by atoms with Crippen molar-refractivity contribution in [3.05, 3.63) is 78.2 Å². The zero-order valence-electron chi connectivity index (χ0n) is 12.3. The third kappa shape index (κ3) is 2.19. The number of aromatic nitrogens is 4. The van der Waals surface area contributed by atoms with E-state index in [9.17, 15) is 0 Å². The van der Waals surface area contributed by atoms with Crippen molar-refractivity contribution in [3.8, 4) is 11.4 Å². The van der Waals surface area contributed by atoms with Crippen LogP contribution in [0.2, 0.25) is 0 Å². The molecule has 0 N–H and O–H groups in total. The standard InChI is InChI=1S/C18H16N4/c1-14-18(22-11-6-5-9-17(22)19-14)16-10-12-21(20-16)13-15-7-3-2-4-8-15/h2-12H,13H2,1H3. The minimum Gasteiger partial charge on any atom is -0.298 e. The fourth-order valence-electron chi connectivity index (χ4n) is 2.77. The SMILES string of the molecule is Cc1nc2ccccn2c1-c1ccn(Cc2ccccc2)n1. The van der Waals surface area contributed by atoms with Crippen LogP contribution in [0.15, 0.2) is 67.0 Å². The molecule has 4 heteroatoms. The average Bonchev–Trinajstić information content (AvgIpc) is 3.11. The molecule has 0 atom stereocenters. The summed E-state index contributed by atoms with van der Waals surface area (Å²) in [4.78, 5) is 4.60. The number of rotatable bonds is 3. The number of benzene rings is 1. The van der Waals surface area contributed by atoms with Crippen molar-refractivity contribution < 1.29 is 0 Å². The molecule has 0 saturated carbocycles. The maximum absolute atomic E-state index is 4.71. The van der Waals surface area contributed by atoms with E-state index in [1.807, 2.05) is 66.5 Å². The molecule has 1 aromatic carbocycles. The quantitative estimate of drug-likeness (QED) is 0.578.